The smallest absolute Gasteiger partial charge is 0.308 e. The Hall–Kier alpha value is -2.73. The van der Waals surface area contributed by atoms with Crippen molar-refractivity contribution in [3.63, 3.8) is 0 Å². The number of hydrogen-bond acceptors (Lipinski definition) is 5. The van der Waals surface area contributed by atoms with E-state index in [4.69, 9.17) is 9.47 Å². The lowest BCUT2D eigenvalue weighted by Crippen LogP contribution is -2.34. The molecule has 0 saturated heterocycles. The molecule has 0 bridgehead atoms. The molecule has 0 unspecified atom stereocenters. The molecule has 0 atom stereocenters. The van der Waals surface area contributed by atoms with Crippen LogP contribution in [0.4, 0.5) is 0 Å². The fourth-order valence-corrected chi connectivity index (χ4v) is 5.99. The summed E-state index contributed by atoms with van der Waals surface area (Å²) in [5, 5.41) is 1.41. The van der Waals surface area contributed by atoms with Gasteiger partial charge in [-0.05, 0) is 38.7 Å². The Balaban J connectivity index is 2.90. The monoisotopic (exact) mass is 374 g/mol. The van der Waals surface area contributed by atoms with Gasteiger partial charge in [0, 0.05) is 24.5 Å². The summed E-state index contributed by atoms with van der Waals surface area (Å²) in [6, 6.07) is 13.6. The van der Waals surface area contributed by atoms with Crippen LogP contribution in [0.2, 0.25) is 0 Å². The molecule has 26 heavy (non-hydrogen) atoms. The van der Waals surface area contributed by atoms with Crippen LogP contribution in [0.15, 0.2) is 70.3 Å². The van der Waals surface area contributed by atoms with Crippen LogP contribution >= 0.6 is 0 Å². The number of carbonyl (C=O) groups is 2. The first kappa shape index (κ1) is 19.6. The predicted molar refractivity (Wildman–Crippen MR) is 101 cm³/mol. The van der Waals surface area contributed by atoms with Crippen molar-refractivity contribution in [3.05, 3.63) is 60.5 Å². The van der Waals surface area contributed by atoms with Gasteiger partial charge in [0.15, 0.2) is 11.5 Å². The fraction of sp³-hybridized carbons (Fsp3) is 0.200. The molecule has 6 heteroatoms. The van der Waals surface area contributed by atoms with Crippen LogP contribution in [0.25, 0.3) is 0 Å². The summed E-state index contributed by atoms with van der Waals surface area (Å²) in [6.45, 7) is 8.07. The molecule has 0 fully saturated rings. The summed E-state index contributed by atoms with van der Waals surface area (Å²) in [5.74, 6) is -0.968. The van der Waals surface area contributed by atoms with Crippen molar-refractivity contribution in [1.82, 2.24) is 0 Å². The maximum atomic E-state index is 14.5. The van der Waals surface area contributed by atoms with E-state index in [9.17, 15) is 13.8 Å². The van der Waals surface area contributed by atoms with Crippen molar-refractivity contribution in [2.45, 2.75) is 30.6 Å². The molecule has 2 aromatic rings. The summed E-state index contributed by atoms with van der Waals surface area (Å²) in [4.78, 5) is 23.9. The Morgan fingerprint density at radius 2 is 1.62 bits per heavy atom. The summed E-state index contributed by atoms with van der Waals surface area (Å²) >= 11 is 0. The van der Waals surface area contributed by atoms with Gasteiger partial charge in [0.2, 0.25) is 0 Å². The summed E-state index contributed by atoms with van der Waals surface area (Å²) < 4.78 is 25.0. The minimum absolute atomic E-state index is 0.0298. The second kappa shape index (κ2) is 7.25. The molecule has 0 saturated carbocycles. The highest BCUT2D eigenvalue weighted by Crippen LogP contribution is 2.51. The van der Waals surface area contributed by atoms with Crippen molar-refractivity contribution in [1.29, 1.82) is 0 Å². The highest BCUT2D eigenvalue weighted by atomic mass is 32.3. The van der Waals surface area contributed by atoms with Crippen LogP contribution in [0.1, 0.15) is 20.8 Å². The molecular weight excluding hydrogens is 352 g/mol. The number of para-hydroxylation sites is 1. The summed E-state index contributed by atoms with van der Waals surface area (Å²) in [7, 11) is -3.83. The highest BCUT2D eigenvalue weighted by molar-refractivity contribution is 8.22. The number of ether oxygens (including phenoxy) is 2. The van der Waals surface area contributed by atoms with E-state index in [0.717, 1.165) is 0 Å². The van der Waals surface area contributed by atoms with Crippen molar-refractivity contribution in [3.8, 4) is 11.5 Å². The molecule has 2 aromatic carbocycles. The van der Waals surface area contributed by atoms with Gasteiger partial charge in [-0.1, -0.05) is 37.8 Å². The zero-order valence-electron chi connectivity index (χ0n) is 15.1. The van der Waals surface area contributed by atoms with E-state index in [1.165, 1.54) is 25.3 Å². The quantitative estimate of drug-likeness (QED) is 0.566. The van der Waals surface area contributed by atoms with Gasteiger partial charge >= 0.3 is 11.9 Å². The topological polar surface area (TPSA) is 69.7 Å². The molecule has 2 rings (SSSR count). The van der Waals surface area contributed by atoms with Crippen molar-refractivity contribution in [2.75, 3.05) is 5.75 Å². The number of esters is 2. The summed E-state index contributed by atoms with van der Waals surface area (Å²) in [5.41, 5.74) is 0. The maximum absolute atomic E-state index is 14.5. The second-order valence-corrected chi connectivity index (χ2v) is 9.88. The molecule has 0 aliphatic rings. The summed E-state index contributed by atoms with van der Waals surface area (Å²) in [6.07, 6.45) is 0. The van der Waals surface area contributed by atoms with Crippen LogP contribution in [0.3, 0.4) is 0 Å². The van der Waals surface area contributed by atoms with E-state index in [2.05, 4.69) is 6.58 Å². The van der Waals surface area contributed by atoms with Gasteiger partial charge in [0.25, 0.3) is 0 Å². The maximum Gasteiger partial charge on any atom is 0.308 e. The third-order valence-corrected chi connectivity index (χ3v) is 8.55. The molecule has 0 amide bonds. The molecule has 0 radical (unpaired) electrons. The Labute approximate surface area is 153 Å². The standard InChI is InChI=1S/C20H22O5S/c1-5-26(23,6-2,17-11-8-7-9-12-17)19-14-10-13-18(24-15(3)21)20(19)25-16(4)22/h5,7-14H,1,6H2,2-4H3. The van der Waals surface area contributed by atoms with Crippen LogP contribution in [-0.4, -0.2) is 21.9 Å². The number of rotatable bonds is 6. The van der Waals surface area contributed by atoms with E-state index < -0.39 is 21.0 Å². The average Bonchev–Trinajstić information content (AvgIpc) is 2.62. The lowest BCUT2D eigenvalue weighted by molar-refractivity contribution is -0.134. The van der Waals surface area contributed by atoms with E-state index in [0.29, 0.717) is 4.90 Å². The highest BCUT2D eigenvalue weighted by Gasteiger charge is 2.40. The number of carbonyl (C=O) groups excluding carboxylic acids is 2. The normalized spacial score (nSPS) is 12.5. The molecule has 0 aromatic heterocycles. The van der Waals surface area contributed by atoms with Gasteiger partial charge in [-0.3, -0.25) is 13.8 Å². The van der Waals surface area contributed by atoms with Crippen molar-refractivity contribution >= 4 is 21.0 Å². The lowest BCUT2D eigenvalue weighted by atomic mass is 10.3. The number of hydrogen-bond donors (Lipinski definition) is 0. The second-order valence-electron chi connectivity index (χ2n) is 5.71. The zero-order chi connectivity index (χ0) is 19.4. The van der Waals surface area contributed by atoms with E-state index in [1.807, 2.05) is 6.07 Å². The first-order chi connectivity index (χ1) is 12.3. The minimum Gasteiger partial charge on any atom is -0.423 e. The van der Waals surface area contributed by atoms with Crippen LogP contribution in [0, 0.1) is 0 Å². The molecule has 0 aliphatic carbocycles. The molecule has 5 nitrogen and oxygen atoms in total. The molecule has 0 heterocycles. The third-order valence-electron chi connectivity index (χ3n) is 4.11. The van der Waals surface area contributed by atoms with Gasteiger partial charge in [-0.2, -0.15) is 0 Å². The van der Waals surface area contributed by atoms with E-state index in [1.54, 1.807) is 43.3 Å². The largest absolute Gasteiger partial charge is 0.423 e. The van der Waals surface area contributed by atoms with Crippen molar-refractivity contribution < 1.29 is 23.3 Å². The van der Waals surface area contributed by atoms with Crippen LogP contribution < -0.4 is 9.47 Å². The molecule has 0 spiro atoms. The van der Waals surface area contributed by atoms with Gasteiger partial charge in [-0.15, -0.1) is 0 Å². The van der Waals surface area contributed by atoms with Gasteiger partial charge in [-0.25, -0.2) is 0 Å². The SMILES string of the molecule is C=CS(=O)(CC)(c1ccccc1)c1cccc(OC(C)=O)c1OC(C)=O. The Morgan fingerprint density at radius 1 is 1.00 bits per heavy atom. The fourth-order valence-electron chi connectivity index (χ4n) is 2.80. The number of benzene rings is 2. The molecular formula is C20H22O5S. The Bertz CT molecular complexity index is 917. The van der Waals surface area contributed by atoms with Gasteiger partial charge in [0.05, 0.1) is 4.90 Å². The van der Waals surface area contributed by atoms with Crippen LogP contribution in [-0.2, 0) is 18.7 Å². The van der Waals surface area contributed by atoms with Crippen molar-refractivity contribution in [2.24, 2.45) is 0 Å². The van der Waals surface area contributed by atoms with E-state index in [-0.39, 0.29) is 22.1 Å². The third kappa shape index (κ3) is 3.32. The lowest BCUT2D eigenvalue weighted by Gasteiger charge is -2.40. The Kier molecular flexibility index (Phi) is 5.47. The van der Waals surface area contributed by atoms with Gasteiger partial charge < -0.3 is 9.47 Å². The molecule has 138 valence electrons. The Morgan fingerprint density at radius 3 is 2.12 bits per heavy atom. The molecule has 0 N–H and O–H groups in total. The minimum atomic E-state index is -3.83. The molecule has 0 aliphatic heterocycles. The first-order valence-corrected chi connectivity index (χ1v) is 10.3. The van der Waals surface area contributed by atoms with Crippen LogP contribution in [0.5, 0.6) is 11.5 Å². The first-order valence-electron chi connectivity index (χ1n) is 8.09. The average molecular weight is 374 g/mol. The predicted octanol–water partition coefficient (Wildman–Crippen LogP) is 3.94. The van der Waals surface area contributed by atoms with E-state index >= 15 is 0 Å². The van der Waals surface area contributed by atoms with Gasteiger partial charge in [0.1, 0.15) is 0 Å². The zero-order valence-corrected chi connectivity index (χ0v) is 15.9.